The van der Waals surface area contributed by atoms with E-state index >= 15 is 0 Å². The van der Waals surface area contributed by atoms with Crippen LogP contribution in [0.2, 0.25) is 0 Å². The van der Waals surface area contributed by atoms with Crippen molar-refractivity contribution in [1.29, 1.82) is 0 Å². The molecule has 0 aromatic heterocycles. The van der Waals surface area contributed by atoms with Crippen molar-refractivity contribution < 1.29 is 9.47 Å². The highest BCUT2D eigenvalue weighted by molar-refractivity contribution is 5.52. The van der Waals surface area contributed by atoms with Crippen molar-refractivity contribution in [3.8, 4) is 11.5 Å². The van der Waals surface area contributed by atoms with Crippen molar-refractivity contribution >= 4 is 0 Å². The van der Waals surface area contributed by atoms with Crippen LogP contribution in [0.25, 0.3) is 0 Å². The molecule has 1 unspecified atom stereocenters. The molecule has 3 nitrogen and oxygen atoms in total. The fraction of sp³-hybridized carbons (Fsp3) is 0.647. The summed E-state index contributed by atoms with van der Waals surface area (Å²) in [6.45, 7) is 9.97. The average molecular weight is 275 g/mol. The Morgan fingerprint density at radius 3 is 2.15 bits per heavy atom. The Bertz CT molecular complexity index is 530. The molecule has 0 saturated heterocycles. The smallest absolute Gasteiger partial charge is 0.161 e. The first-order chi connectivity index (χ1) is 9.34. The topological polar surface area (TPSA) is 44.5 Å². The van der Waals surface area contributed by atoms with E-state index in [4.69, 9.17) is 15.2 Å². The molecule has 0 bridgehead atoms. The number of nitrogens with two attached hydrogens (primary N) is 1. The third kappa shape index (κ3) is 2.18. The summed E-state index contributed by atoms with van der Waals surface area (Å²) in [4.78, 5) is 0. The summed E-state index contributed by atoms with van der Waals surface area (Å²) in [6, 6.07) is 4.47. The van der Waals surface area contributed by atoms with Crippen molar-refractivity contribution in [2.24, 2.45) is 11.1 Å². The Morgan fingerprint density at radius 1 is 1.10 bits per heavy atom. The molecule has 1 aromatic carbocycles. The van der Waals surface area contributed by atoms with Crippen molar-refractivity contribution in [2.75, 3.05) is 13.2 Å². The van der Waals surface area contributed by atoms with E-state index in [1.165, 1.54) is 24.0 Å². The van der Waals surface area contributed by atoms with Gasteiger partial charge >= 0.3 is 0 Å². The third-order valence-corrected chi connectivity index (χ3v) is 4.72. The zero-order valence-electron chi connectivity index (χ0n) is 13.0. The molecule has 0 radical (unpaired) electrons. The molecule has 20 heavy (non-hydrogen) atoms. The molecule has 0 amide bonds. The second-order valence-electron chi connectivity index (χ2n) is 7.30. The van der Waals surface area contributed by atoms with Gasteiger partial charge in [0.15, 0.2) is 11.5 Å². The quantitative estimate of drug-likeness (QED) is 0.901. The van der Waals surface area contributed by atoms with Gasteiger partial charge in [-0.2, -0.15) is 0 Å². The van der Waals surface area contributed by atoms with E-state index in [9.17, 15) is 0 Å². The molecular weight excluding hydrogens is 250 g/mol. The molecule has 1 atom stereocenters. The number of benzene rings is 1. The highest BCUT2D eigenvalue weighted by atomic mass is 16.5. The van der Waals surface area contributed by atoms with Gasteiger partial charge in [0.1, 0.15) is 0 Å². The molecule has 3 heteroatoms. The molecule has 1 aliphatic heterocycles. The van der Waals surface area contributed by atoms with Crippen LogP contribution in [0.1, 0.15) is 44.7 Å². The highest BCUT2D eigenvalue weighted by Crippen LogP contribution is 2.53. The standard InChI is InChI=1S/C17H25NO2/c1-11-7-14-15(20-10-16(3,4)9-19-14)8-13(11)17(5-6-17)12(2)18/h7-8,12H,5-6,9-10,18H2,1-4H3. The van der Waals surface area contributed by atoms with Gasteiger partial charge in [0, 0.05) is 16.9 Å². The molecular formula is C17H25NO2. The van der Waals surface area contributed by atoms with E-state index < -0.39 is 0 Å². The first kappa shape index (κ1) is 13.7. The lowest BCUT2D eigenvalue weighted by Crippen LogP contribution is -2.32. The van der Waals surface area contributed by atoms with E-state index in [0.717, 1.165) is 11.5 Å². The van der Waals surface area contributed by atoms with Crippen LogP contribution < -0.4 is 15.2 Å². The minimum absolute atomic E-state index is 0.0471. The van der Waals surface area contributed by atoms with Gasteiger partial charge < -0.3 is 15.2 Å². The Hall–Kier alpha value is -1.22. The largest absolute Gasteiger partial charge is 0.489 e. The Morgan fingerprint density at radius 2 is 1.65 bits per heavy atom. The van der Waals surface area contributed by atoms with Gasteiger partial charge in [0.2, 0.25) is 0 Å². The van der Waals surface area contributed by atoms with Crippen molar-refractivity contribution in [2.45, 2.75) is 52.0 Å². The maximum atomic E-state index is 6.21. The summed E-state index contributed by atoms with van der Waals surface area (Å²) in [5.41, 5.74) is 9.02. The number of rotatable bonds is 2. The maximum absolute atomic E-state index is 6.21. The zero-order valence-corrected chi connectivity index (χ0v) is 13.0. The first-order valence-electron chi connectivity index (χ1n) is 7.50. The van der Waals surface area contributed by atoms with Gasteiger partial charge in [-0.3, -0.25) is 0 Å². The van der Waals surface area contributed by atoms with Gasteiger partial charge in [-0.25, -0.2) is 0 Å². The Kier molecular flexibility index (Phi) is 3.02. The lowest BCUT2D eigenvalue weighted by Gasteiger charge is -2.23. The lowest BCUT2D eigenvalue weighted by molar-refractivity contribution is 0.140. The molecule has 1 heterocycles. The fourth-order valence-corrected chi connectivity index (χ4v) is 3.12. The van der Waals surface area contributed by atoms with Crippen LogP contribution in [-0.4, -0.2) is 19.3 Å². The van der Waals surface area contributed by atoms with Crippen molar-refractivity contribution in [3.63, 3.8) is 0 Å². The molecule has 110 valence electrons. The number of hydrogen-bond donors (Lipinski definition) is 1. The number of hydrogen-bond acceptors (Lipinski definition) is 3. The average Bonchev–Trinajstić information content (AvgIpc) is 3.16. The molecule has 1 aliphatic carbocycles. The van der Waals surface area contributed by atoms with Crippen molar-refractivity contribution in [3.05, 3.63) is 23.3 Å². The first-order valence-corrected chi connectivity index (χ1v) is 7.50. The summed E-state index contributed by atoms with van der Waals surface area (Å²) in [7, 11) is 0. The normalized spacial score (nSPS) is 23.9. The van der Waals surface area contributed by atoms with E-state index in [1.54, 1.807) is 0 Å². The number of ether oxygens (including phenoxy) is 2. The zero-order chi connectivity index (χ0) is 14.5. The number of aryl methyl sites for hydroxylation is 1. The van der Waals surface area contributed by atoms with Gasteiger partial charge in [0.05, 0.1) is 13.2 Å². The highest BCUT2D eigenvalue weighted by Gasteiger charge is 2.48. The Labute approximate surface area is 121 Å². The van der Waals surface area contributed by atoms with E-state index in [0.29, 0.717) is 13.2 Å². The molecule has 1 fully saturated rings. The molecule has 1 saturated carbocycles. The summed E-state index contributed by atoms with van der Waals surface area (Å²) >= 11 is 0. The predicted molar refractivity (Wildman–Crippen MR) is 80.5 cm³/mol. The molecule has 0 spiro atoms. The van der Waals surface area contributed by atoms with Crippen molar-refractivity contribution in [1.82, 2.24) is 0 Å². The summed E-state index contributed by atoms with van der Waals surface area (Å²) in [5, 5.41) is 0. The summed E-state index contributed by atoms with van der Waals surface area (Å²) in [6.07, 6.45) is 2.35. The monoisotopic (exact) mass is 275 g/mol. The van der Waals surface area contributed by atoms with Gasteiger partial charge in [-0.15, -0.1) is 0 Å². The van der Waals surface area contributed by atoms with Crippen LogP contribution in [0, 0.1) is 12.3 Å². The molecule has 1 aromatic rings. The van der Waals surface area contributed by atoms with E-state index in [1.807, 2.05) is 0 Å². The SMILES string of the molecule is Cc1cc2c(cc1C1(C(C)N)CC1)OCC(C)(C)CO2. The second-order valence-corrected chi connectivity index (χ2v) is 7.30. The van der Waals surface area contributed by atoms with Crippen LogP contribution in [0.3, 0.4) is 0 Å². The van der Waals surface area contributed by atoms with Gasteiger partial charge in [0.25, 0.3) is 0 Å². The fourth-order valence-electron chi connectivity index (χ4n) is 3.12. The van der Waals surface area contributed by atoms with Gasteiger partial charge in [-0.05, 0) is 49.9 Å². The van der Waals surface area contributed by atoms with Crippen LogP contribution in [-0.2, 0) is 5.41 Å². The van der Waals surface area contributed by atoms with E-state index in [2.05, 4.69) is 39.8 Å². The minimum Gasteiger partial charge on any atom is -0.489 e. The van der Waals surface area contributed by atoms with Gasteiger partial charge in [-0.1, -0.05) is 13.8 Å². The van der Waals surface area contributed by atoms with Crippen LogP contribution >= 0.6 is 0 Å². The third-order valence-electron chi connectivity index (χ3n) is 4.72. The molecule has 2 N–H and O–H groups in total. The lowest BCUT2D eigenvalue weighted by atomic mass is 9.86. The molecule has 2 aliphatic rings. The Balaban J connectivity index is 1.99. The summed E-state index contributed by atoms with van der Waals surface area (Å²) in [5.74, 6) is 1.75. The minimum atomic E-state index is 0.0471. The summed E-state index contributed by atoms with van der Waals surface area (Å²) < 4.78 is 11.9. The van der Waals surface area contributed by atoms with Crippen LogP contribution in [0.5, 0.6) is 11.5 Å². The predicted octanol–water partition coefficient (Wildman–Crippen LogP) is 3.17. The molecule has 3 rings (SSSR count). The maximum Gasteiger partial charge on any atom is 0.161 e. The van der Waals surface area contributed by atoms with E-state index in [-0.39, 0.29) is 16.9 Å². The number of fused-ring (bicyclic) bond motifs is 1. The van der Waals surface area contributed by atoms with Crippen LogP contribution in [0.4, 0.5) is 0 Å². The van der Waals surface area contributed by atoms with Crippen LogP contribution in [0.15, 0.2) is 12.1 Å². The second kappa shape index (κ2) is 4.39.